The summed E-state index contributed by atoms with van der Waals surface area (Å²) in [6.07, 6.45) is 5.52. The second kappa shape index (κ2) is 9.81. The van der Waals surface area contributed by atoms with Gasteiger partial charge in [-0.3, -0.25) is 14.5 Å². The first-order valence-corrected chi connectivity index (χ1v) is 11.5. The van der Waals surface area contributed by atoms with E-state index in [1.54, 1.807) is 4.90 Å². The first-order chi connectivity index (χ1) is 15.1. The summed E-state index contributed by atoms with van der Waals surface area (Å²) < 4.78 is 4.98. The number of piperidine rings is 2. The number of methoxy groups -OCH3 is 1. The summed E-state index contributed by atoms with van der Waals surface area (Å²) >= 11 is 0. The first kappa shape index (κ1) is 21.8. The van der Waals surface area contributed by atoms with E-state index in [0.29, 0.717) is 18.9 Å². The van der Waals surface area contributed by atoms with Gasteiger partial charge in [0.1, 0.15) is 6.04 Å². The van der Waals surface area contributed by atoms with Crippen LogP contribution in [0, 0.1) is 5.92 Å². The molecule has 168 valence electrons. The number of hydrogen-bond acceptors (Lipinski definition) is 5. The number of carbonyl (C=O) groups is 3. The fourth-order valence-corrected chi connectivity index (χ4v) is 5.12. The molecule has 0 radical (unpaired) electrons. The molecular formula is C24H33N3O4. The van der Waals surface area contributed by atoms with E-state index in [1.807, 2.05) is 29.2 Å². The number of carbonyl (C=O) groups excluding carboxylic acids is 3. The number of likely N-dealkylation sites (tertiary alicyclic amines) is 2. The highest BCUT2D eigenvalue weighted by Crippen LogP contribution is 2.26. The van der Waals surface area contributed by atoms with E-state index < -0.39 is 6.04 Å². The summed E-state index contributed by atoms with van der Waals surface area (Å²) in [6.45, 7) is 3.97. The minimum absolute atomic E-state index is 0.0503. The van der Waals surface area contributed by atoms with Crippen LogP contribution in [-0.2, 0) is 32.1 Å². The van der Waals surface area contributed by atoms with Crippen molar-refractivity contribution in [3.05, 3.63) is 35.4 Å². The van der Waals surface area contributed by atoms with Crippen LogP contribution in [0.4, 0.5) is 0 Å². The maximum Gasteiger partial charge on any atom is 0.328 e. The van der Waals surface area contributed by atoms with E-state index in [2.05, 4.69) is 4.90 Å². The van der Waals surface area contributed by atoms with Gasteiger partial charge >= 0.3 is 5.97 Å². The van der Waals surface area contributed by atoms with Gasteiger partial charge < -0.3 is 14.5 Å². The molecule has 0 aromatic heterocycles. The van der Waals surface area contributed by atoms with Crippen LogP contribution >= 0.6 is 0 Å². The lowest BCUT2D eigenvalue weighted by Gasteiger charge is -2.38. The molecule has 2 amide bonds. The Labute approximate surface area is 184 Å². The molecule has 1 aromatic rings. The van der Waals surface area contributed by atoms with Gasteiger partial charge in [0, 0.05) is 32.0 Å². The Morgan fingerprint density at radius 3 is 2.32 bits per heavy atom. The zero-order valence-corrected chi connectivity index (χ0v) is 18.4. The zero-order valence-electron chi connectivity index (χ0n) is 18.4. The average molecular weight is 428 g/mol. The molecule has 0 saturated carbocycles. The lowest BCUT2D eigenvalue weighted by molar-refractivity contribution is -0.154. The summed E-state index contributed by atoms with van der Waals surface area (Å²) in [5, 5.41) is 0. The number of nitrogens with zero attached hydrogens (tertiary/aromatic N) is 3. The number of benzene rings is 1. The van der Waals surface area contributed by atoms with Crippen molar-refractivity contribution in [3.8, 4) is 0 Å². The van der Waals surface area contributed by atoms with Crippen molar-refractivity contribution in [2.75, 3.05) is 39.8 Å². The molecule has 7 nitrogen and oxygen atoms in total. The van der Waals surface area contributed by atoms with Gasteiger partial charge in [-0.1, -0.05) is 24.3 Å². The molecule has 1 atom stereocenters. The molecule has 4 rings (SSSR count). The smallest absolute Gasteiger partial charge is 0.328 e. The predicted octanol–water partition coefficient (Wildman–Crippen LogP) is 1.84. The van der Waals surface area contributed by atoms with Crippen molar-refractivity contribution in [3.63, 3.8) is 0 Å². The van der Waals surface area contributed by atoms with Gasteiger partial charge in [0.15, 0.2) is 0 Å². The predicted molar refractivity (Wildman–Crippen MR) is 116 cm³/mol. The van der Waals surface area contributed by atoms with Gasteiger partial charge in [0.25, 0.3) is 0 Å². The van der Waals surface area contributed by atoms with Crippen LogP contribution < -0.4 is 0 Å². The maximum absolute atomic E-state index is 13.2. The Balaban J connectivity index is 1.34. The van der Waals surface area contributed by atoms with Crippen LogP contribution in [0.15, 0.2) is 24.3 Å². The molecule has 1 aromatic carbocycles. The van der Waals surface area contributed by atoms with Crippen molar-refractivity contribution in [2.45, 2.75) is 51.1 Å². The molecule has 0 N–H and O–H groups in total. The summed E-state index contributed by atoms with van der Waals surface area (Å²) in [4.78, 5) is 44.1. The highest BCUT2D eigenvalue weighted by Gasteiger charge is 2.36. The van der Waals surface area contributed by atoms with E-state index in [4.69, 9.17) is 4.74 Å². The molecule has 2 saturated heterocycles. The maximum atomic E-state index is 13.2. The number of fused-ring (bicyclic) bond motifs is 1. The van der Waals surface area contributed by atoms with E-state index >= 15 is 0 Å². The normalized spacial score (nSPS) is 22.7. The molecule has 0 aliphatic carbocycles. The highest BCUT2D eigenvalue weighted by atomic mass is 16.5. The van der Waals surface area contributed by atoms with Gasteiger partial charge in [-0.15, -0.1) is 0 Å². The summed E-state index contributed by atoms with van der Waals surface area (Å²) in [7, 11) is 1.37. The quantitative estimate of drug-likeness (QED) is 0.686. The topological polar surface area (TPSA) is 70.2 Å². The fourth-order valence-electron chi connectivity index (χ4n) is 5.12. The number of amides is 2. The molecule has 0 unspecified atom stereocenters. The van der Waals surface area contributed by atoms with E-state index in [1.165, 1.54) is 13.5 Å². The molecule has 2 fully saturated rings. The molecule has 7 heteroatoms. The zero-order chi connectivity index (χ0) is 21.8. The monoisotopic (exact) mass is 427 g/mol. The van der Waals surface area contributed by atoms with Crippen molar-refractivity contribution < 1.29 is 19.1 Å². The number of esters is 1. The van der Waals surface area contributed by atoms with Gasteiger partial charge in [0.2, 0.25) is 11.8 Å². The van der Waals surface area contributed by atoms with E-state index in [9.17, 15) is 14.4 Å². The Bertz CT molecular complexity index is 813. The van der Waals surface area contributed by atoms with Gasteiger partial charge in [0.05, 0.1) is 13.7 Å². The summed E-state index contributed by atoms with van der Waals surface area (Å²) in [5.74, 6) is -0.0439. The molecule has 0 bridgehead atoms. The van der Waals surface area contributed by atoms with Gasteiger partial charge in [-0.25, -0.2) is 4.79 Å². The largest absolute Gasteiger partial charge is 0.467 e. The van der Waals surface area contributed by atoms with Crippen molar-refractivity contribution >= 4 is 17.8 Å². The Morgan fingerprint density at radius 1 is 0.968 bits per heavy atom. The highest BCUT2D eigenvalue weighted by molar-refractivity contribution is 5.86. The number of hydrogen-bond donors (Lipinski definition) is 0. The van der Waals surface area contributed by atoms with Crippen molar-refractivity contribution in [1.29, 1.82) is 0 Å². The Hall–Kier alpha value is -2.41. The third kappa shape index (κ3) is 4.92. The van der Waals surface area contributed by atoms with Crippen molar-refractivity contribution in [2.24, 2.45) is 5.92 Å². The average Bonchev–Trinajstić information content (AvgIpc) is 2.83. The fraction of sp³-hybridized carbons (Fsp3) is 0.625. The van der Waals surface area contributed by atoms with Crippen LogP contribution in [0.2, 0.25) is 0 Å². The molecule has 3 aliphatic heterocycles. The first-order valence-electron chi connectivity index (χ1n) is 11.5. The Morgan fingerprint density at radius 2 is 1.65 bits per heavy atom. The summed E-state index contributed by atoms with van der Waals surface area (Å²) in [6, 6.07) is 7.37. The molecule has 0 spiro atoms. The van der Waals surface area contributed by atoms with Crippen LogP contribution in [0.25, 0.3) is 0 Å². The summed E-state index contributed by atoms with van der Waals surface area (Å²) in [5.41, 5.74) is 2.18. The minimum atomic E-state index is -0.578. The second-order valence-electron chi connectivity index (χ2n) is 8.97. The third-order valence-electron chi connectivity index (χ3n) is 7.01. The van der Waals surface area contributed by atoms with E-state index in [-0.39, 0.29) is 24.3 Å². The van der Waals surface area contributed by atoms with Crippen LogP contribution in [0.1, 0.15) is 43.2 Å². The number of ether oxygens (including phenoxy) is 1. The van der Waals surface area contributed by atoms with Gasteiger partial charge in [-0.05, 0) is 56.3 Å². The standard InChI is InChI=1S/C24H33N3O4/c1-31-24(30)21-15-19-7-3-4-8-20(19)16-27(21)22(28)17-25-13-9-18(10-14-25)23(29)26-11-5-2-6-12-26/h3-4,7-8,18,21H,2,5-6,9-17H2,1H3/t21-/m1/s1. The SMILES string of the molecule is COC(=O)[C@H]1Cc2ccccc2CN1C(=O)CN1CCC(C(=O)N2CCCCC2)CC1. The van der Waals surface area contributed by atoms with Crippen molar-refractivity contribution in [1.82, 2.24) is 14.7 Å². The lowest BCUT2D eigenvalue weighted by Crippen LogP contribution is -2.53. The Kier molecular flexibility index (Phi) is 6.90. The van der Waals surface area contributed by atoms with Crippen LogP contribution in [-0.4, -0.2) is 78.4 Å². The molecule has 3 aliphatic rings. The second-order valence-corrected chi connectivity index (χ2v) is 8.97. The van der Waals surface area contributed by atoms with E-state index in [0.717, 1.165) is 63.0 Å². The third-order valence-corrected chi connectivity index (χ3v) is 7.01. The lowest BCUT2D eigenvalue weighted by atomic mass is 9.93. The molecular weight excluding hydrogens is 394 g/mol. The van der Waals surface area contributed by atoms with Crippen LogP contribution in [0.3, 0.4) is 0 Å². The minimum Gasteiger partial charge on any atom is -0.467 e. The number of rotatable bonds is 4. The van der Waals surface area contributed by atoms with Crippen LogP contribution in [0.5, 0.6) is 0 Å². The molecule has 3 heterocycles. The molecule has 31 heavy (non-hydrogen) atoms. The van der Waals surface area contributed by atoms with Gasteiger partial charge in [-0.2, -0.15) is 0 Å².